The number of hydrogen-bond donors (Lipinski definition) is 1. The van der Waals surface area contributed by atoms with Crippen LogP contribution < -0.4 is 0 Å². The fourth-order valence-corrected chi connectivity index (χ4v) is 1.68. The highest BCUT2D eigenvalue weighted by Gasteiger charge is 2.18. The second kappa shape index (κ2) is 5.52. The summed E-state index contributed by atoms with van der Waals surface area (Å²) in [6.45, 7) is 7.19. The minimum atomic E-state index is -3.51. The molecule has 0 aliphatic rings. The van der Waals surface area contributed by atoms with Gasteiger partial charge in [-0.3, -0.25) is 4.57 Å². The second-order valence-corrected chi connectivity index (χ2v) is 4.38. The molecular formula is C8H17O3P. The molecule has 0 spiro atoms. The Labute approximate surface area is 74.0 Å². The van der Waals surface area contributed by atoms with Crippen molar-refractivity contribution in [2.45, 2.75) is 39.2 Å². The molecule has 0 bridgehead atoms. The van der Waals surface area contributed by atoms with Gasteiger partial charge in [0.25, 0.3) is 0 Å². The highest BCUT2D eigenvalue weighted by atomic mass is 31.2. The quantitative estimate of drug-likeness (QED) is 0.658. The minimum absolute atomic E-state index is 0.121. The van der Waals surface area contributed by atoms with E-state index in [0.29, 0.717) is 0 Å². The van der Waals surface area contributed by atoms with Crippen molar-refractivity contribution in [1.82, 2.24) is 0 Å². The number of rotatable bonds is 6. The summed E-state index contributed by atoms with van der Waals surface area (Å²) in [7, 11) is -3.51. The highest BCUT2D eigenvalue weighted by Crippen LogP contribution is 2.45. The Hall–Kier alpha value is -0.110. The van der Waals surface area contributed by atoms with E-state index in [2.05, 4.69) is 6.58 Å². The predicted molar refractivity (Wildman–Crippen MR) is 50.1 cm³/mol. The van der Waals surface area contributed by atoms with E-state index in [1.165, 1.54) is 0 Å². The Morgan fingerprint density at radius 3 is 2.58 bits per heavy atom. The lowest BCUT2D eigenvalue weighted by atomic mass is 10.2. The van der Waals surface area contributed by atoms with Crippen molar-refractivity contribution in [3.05, 3.63) is 12.4 Å². The van der Waals surface area contributed by atoms with Crippen molar-refractivity contribution in [3.8, 4) is 0 Å². The third kappa shape index (κ3) is 4.70. The molecule has 0 rings (SSSR count). The lowest BCUT2D eigenvalue weighted by Gasteiger charge is -2.16. The van der Waals surface area contributed by atoms with Gasteiger partial charge >= 0.3 is 7.60 Å². The van der Waals surface area contributed by atoms with E-state index in [0.717, 1.165) is 25.1 Å². The maximum absolute atomic E-state index is 11.0. The normalized spacial score (nSPS) is 18.2. The second-order valence-electron chi connectivity index (χ2n) is 2.67. The summed E-state index contributed by atoms with van der Waals surface area (Å²) in [6, 6.07) is 0. The van der Waals surface area contributed by atoms with Crippen LogP contribution in [-0.2, 0) is 9.09 Å². The summed E-state index contributed by atoms with van der Waals surface area (Å²) in [6.07, 6.45) is 2.40. The molecule has 0 amide bonds. The molecule has 0 saturated carbocycles. The van der Waals surface area contributed by atoms with Crippen LogP contribution in [0.5, 0.6) is 0 Å². The van der Waals surface area contributed by atoms with Gasteiger partial charge in [-0.05, 0) is 12.8 Å². The van der Waals surface area contributed by atoms with E-state index >= 15 is 0 Å². The summed E-state index contributed by atoms with van der Waals surface area (Å²) in [5.41, 5.74) is 0. The first kappa shape index (κ1) is 11.9. The van der Waals surface area contributed by atoms with Crippen molar-refractivity contribution >= 4 is 7.60 Å². The first-order chi connectivity index (χ1) is 5.55. The average molecular weight is 192 g/mol. The van der Waals surface area contributed by atoms with Crippen LogP contribution in [0.3, 0.4) is 0 Å². The van der Waals surface area contributed by atoms with Gasteiger partial charge in [0.15, 0.2) is 0 Å². The van der Waals surface area contributed by atoms with Gasteiger partial charge in [-0.1, -0.05) is 26.8 Å². The minimum Gasteiger partial charge on any atom is -0.321 e. The Bertz CT molecular complexity index is 179. The number of hydrogen-bond acceptors (Lipinski definition) is 2. The Balaban J connectivity index is 4.01. The van der Waals surface area contributed by atoms with Crippen molar-refractivity contribution < 1.29 is 14.0 Å². The first-order valence-corrected chi connectivity index (χ1v) is 5.84. The molecule has 2 atom stereocenters. The standard InChI is InChI=1S/C8H17O3P/c1-4-7-8(5-2)11-12(9,10)6-3/h6,8H,3-5,7H2,1-2H3,(H,9,10). The van der Waals surface area contributed by atoms with Gasteiger partial charge in [-0.2, -0.15) is 0 Å². The highest BCUT2D eigenvalue weighted by molar-refractivity contribution is 7.56. The third-order valence-corrected chi connectivity index (χ3v) is 2.66. The van der Waals surface area contributed by atoms with Crippen LogP contribution >= 0.6 is 7.60 Å². The van der Waals surface area contributed by atoms with Crippen molar-refractivity contribution in [1.29, 1.82) is 0 Å². The van der Waals surface area contributed by atoms with Crippen LogP contribution in [0.25, 0.3) is 0 Å². The van der Waals surface area contributed by atoms with Gasteiger partial charge < -0.3 is 9.42 Å². The lowest BCUT2D eigenvalue weighted by Crippen LogP contribution is -2.08. The molecule has 0 heterocycles. The van der Waals surface area contributed by atoms with Gasteiger partial charge in [0.2, 0.25) is 0 Å². The molecule has 0 aromatic rings. The van der Waals surface area contributed by atoms with E-state index in [1.54, 1.807) is 0 Å². The lowest BCUT2D eigenvalue weighted by molar-refractivity contribution is 0.165. The zero-order valence-electron chi connectivity index (χ0n) is 7.69. The fourth-order valence-electron chi connectivity index (χ4n) is 0.910. The van der Waals surface area contributed by atoms with Crippen LogP contribution in [0.2, 0.25) is 0 Å². The van der Waals surface area contributed by atoms with Gasteiger partial charge in [-0.15, -0.1) is 0 Å². The molecule has 0 aromatic heterocycles. The summed E-state index contributed by atoms with van der Waals surface area (Å²) >= 11 is 0. The van der Waals surface area contributed by atoms with Gasteiger partial charge in [0.1, 0.15) is 0 Å². The Kier molecular flexibility index (Phi) is 5.47. The maximum atomic E-state index is 11.0. The molecule has 0 saturated heterocycles. The molecule has 0 aliphatic heterocycles. The molecule has 0 fully saturated rings. The van der Waals surface area contributed by atoms with Crippen molar-refractivity contribution in [2.75, 3.05) is 0 Å². The van der Waals surface area contributed by atoms with Gasteiger partial charge in [-0.25, -0.2) is 0 Å². The fraction of sp³-hybridized carbons (Fsp3) is 0.750. The van der Waals surface area contributed by atoms with Crippen LogP contribution in [0.4, 0.5) is 0 Å². The van der Waals surface area contributed by atoms with Crippen LogP contribution in [-0.4, -0.2) is 11.0 Å². The van der Waals surface area contributed by atoms with Crippen molar-refractivity contribution in [3.63, 3.8) is 0 Å². The Morgan fingerprint density at radius 1 is 1.67 bits per heavy atom. The topological polar surface area (TPSA) is 46.5 Å². The molecule has 72 valence electrons. The molecule has 0 aliphatic carbocycles. The van der Waals surface area contributed by atoms with Crippen LogP contribution in [0.15, 0.2) is 12.4 Å². The molecule has 0 aromatic carbocycles. The summed E-state index contributed by atoms with van der Waals surface area (Å²) in [4.78, 5) is 9.07. The summed E-state index contributed by atoms with van der Waals surface area (Å²) < 4.78 is 16.0. The zero-order chi connectivity index (χ0) is 9.61. The molecule has 12 heavy (non-hydrogen) atoms. The SMILES string of the molecule is C=CP(=O)(O)OC(CC)CCC. The van der Waals surface area contributed by atoms with Gasteiger partial charge in [0, 0.05) is 5.82 Å². The maximum Gasteiger partial charge on any atom is 0.351 e. The van der Waals surface area contributed by atoms with Gasteiger partial charge in [0.05, 0.1) is 6.10 Å². The van der Waals surface area contributed by atoms with E-state index in [4.69, 9.17) is 9.42 Å². The first-order valence-electron chi connectivity index (χ1n) is 4.20. The predicted octanol–water partition coefficient (Wildman–Crippen LogP) is 2.91. The monoisotopic (exact) mass is 192 g/mol. The molecular weight excluding hydrogens is 175 g/mol. The molecule has 4 heteroatoms. The van der Waals surface area contributed by atoms with Crippen molar-refractivity contribution in [2.24, 2.45) is 0 Å². The van der Waals surface area contributed by atoms with Crippen LogP contribution in [0.1, 0.15) is 33.1 Å². The van der Waals surface area contributed by atoms with E-state index in [-0.39, 0.29) is 6.10 Å². The van der Waals surface area contributed by atoms with E-state index in [9.17, 15) is 4.57 Å². The molecule has 3 nitrogen and oxygen atoms in total. The largest absolute Gasteiger partial charge is 0.351 e. The third-order valence-electron chi connectivity index (χ3n) is 1.60. The van der Waals surface area contributed by atoms with E-state index < -0.39 is 7.60 Å². The van der Waals surface area contributed by atoms with Crippen LogP contribution in [0, 0.1) is 0 Å². The molecule has 2 unspecified atom stereocenters. The summed E-state index contributed by atoms with van der Waals surface area (Å²) in [5.74, 6) is 0.978. The average Bonchev–Trinajstić information content (AvgIpc) is 2.03. The summed E-state index contributed by atoms with van der Waals surface area (Å²) in [5, 5.41) is 0. The van der Waals surface area contributed by atoms with E-state index in [1.807, 2.05) is 13.8 Å². The molecule has 0 radical (unpaired) electrons. The Morgan fingerprint density at radius 2 is 2.25 bits per heavy atom. The smallest absolute Gasteiger partial charge is 0.321 e. The molecule has 1 N–H and O–H groups in total. The zero-order valence-corrected chi connectivity index (χ0v) is 8.59.